The molecule has 1 aromatic carbocycles. The van der Waals surface area contributed by atoms with Gasteiger partial charge in [-0.05, 0) is 35.7 Å². The molecule has 2 aromatic rings. The Balaban J connectivity index is 2.10. The molecule has 0 atom stereocenters. The van der Waals surface area contributed by atoms with Crippen molar-refractivity contribution in [3.05, 3.63) is 53.7 Å². The number of benzene rings is 1. The second kappa shape index (κ2) is 6.43. The maximum absolute atomic E-state index is 8.59. The molecule has 0 saturated carbocycles. The van der Waals surface area contributed by atoms with Crippen LogP contribution in [0, 0.1) is 0 Å². The fraction of sp³-hybridized carbons (Fsp3) is 0.200. The Labute approximate surface area is 122 Å². The number of hydrogen-bond donors (Lipinski definition) is 2. The van der Waals surface area contributed by atoms with Crippen LogP contribution < -0.4 is 5.73 Å². The highest BCUT2D eigenvalue weighted by Gasteiger charge is 2.03. The van der Waals surface area contributed by atoms with Crippen molar-refractivity contribution in [1.82, 2.24) is 4.98 Å². The molecule has 3 N–H and O–H groups in total. The highest BCUT2D eigenvalue weighted by atomic mass is 32.2. The molecule has 0 unspecified atom stereocenters. The van der Waals surface area contributed by atoms with E-state index in [1.54, 1.807) is 24.0 Å². The summed E-state index contributed by atoms with van der Waals surface area (Å²) in [6.45, 7) is 4.35. The number of amidine groups is 1. The number of hydrogen-bond acceptors (Lipinski definition) is 4. The van der Waals surface area contributed by atoms with Crippen molar-refractivity contribution >= 4 is 17.6 Å². The molecule has 0 aliphatic rings. The molecule has 104 valence electrons. The number of nitrogens with zero attached hydrogens (tertiary/aromatic N) is 2. The van der Waals surface area contributed by atoms with Crippen LogP contribution in [0.4, 0.5) is 0 Å². The average molecular weight is 287 g/mol. The Bertz CT molecular complexity index is 592. The lowest BCUT2D eigenvalue weighted by atomic mass is 10.0. The summed E-state index contributed by atoms with van der Waals surface area (Å²) in [5.41, 5.74) is 7.42. The lowest BCUT2D eigenvalue weighted by Gasteiger charge is -2.06. The Hall–Kier alpha value is -2.01. The third-order valence-corrected chi connectivity index (χ3v) is 3.87. The third-order valence-electron chi connectivity index (χ3n) is 2.91. The van der Waals surface area contributed by atoms with Crippen LogP contribution in [-0.2, 0) is 0 Å². The van der Waals surface area contributed by atoms with Gasteiger partial charge in [-0.2, -0.15) is 0 Å². The molecule has 2 rings (SSSR count). The summed E-state index contributed by atoms with van der Waals surface area (Å²) in [6.07, 6.45) is 1.60. The summed E-state index contributed by atoms with van der Waals surface area (Å²) < 4.78 is 0. The molecular weight excluding hydrogens is 270 g/mol. The van der Waals surface area contributed by atoms with Crippen molar-refractivity contribution < 1.29 is 5.21 Å². The molecule has 1 aromatic heterocycles. The maximum Gasteiger partial charge on any atom is 0.171 e. The zero-order valence-electron chi connectivity index (χ0n) is 11.4. The molecule has 0 fully saturated rings. The molecule has 0 aliphatic heterocycles. The summed E-state index contributed by atoms with van der Waals surface area (Å²) in [5.74, 6) is 0.600. The van der Waals surface area contributed by atoms with Crippen LogP contribution in [-0.4, -0.2) is 16.0 Å². The zero-order valence-corrected chi connectivity index (χ0v) is 12.3. The van der Waals surface area contributed by atoms with Gasteiger partial charge in [0, 0.05) is 16.7 Å². The van der Waals surface area contributed by atoms with E-state index in [1.165, 1.54) is 5.56 Å². The van der Waals surface area contributed by atoms with Gasteiger partial charge in [-0.3, -0.25) is 0 Å². The Kier molecular flexibility index (Phi) is 4.63. The predicted molar refractivity (Wildman–Crippen MR) is 81.4 cm³/mol. The standard InChI is InChI=1S/C15H17N3OS/c1-10(2)11-3-6-13(7-4-11)20-14-8-5-12(9-17-14)15(16)18-19/h3-10,19H,1-2H3,(H2,16,18). The fourth-order valence-electron chi connectivity index (χ4n) is 1.69. The summed E-state index contributed by atoms with van der Waals surface area (Å²) in [7, 11) is 0. The molecule has 1 heterocycles. The van der Waals surface area contributed by atoms with Crippen LogP contribution in [0.1, 0.15) is 30.9 Å². The first kappa shape index (κ1) is 14.4. The Morgan fingerprint density at radius 2 is 1.90 bits per heavy atom. The van der Waals surface area contributed by atoms with E-state index >= 15 is 0 Å². The zero-order chi connectivity index (χ0) is 14.5. The highest BCUT2D eigenvalue weighted by Crippen LogP contribution is 2.27. The smallest absolute Gasteiger partial charge is 0.171 e. The molecule has 0 radical (unpaired) electrons. The SMILES string of the molecule is CC(C)c1ccc(Sc2ccc(/C(N)=N/O)cn2)cc1. The van der Waals surface area contributed by atoms with Gasteiger partial charge in [0.25, 0.3) is 0 Å². The topological polar surface area (TPSA) is 71.5 Å². The van der Waals surface area contributed by atoms with E-state index in [0.717, 1.165) is 9.92 Å². The van der Waals surface area contributed by atoms with Crippen LogP contribution in [0.5, 0.6) is 0 Å². The fourth-order valence-corrected chi connectivity index (χ4v) is 2.45. The van der Waals surface area contributed by atoms with Crippen LogP contribution in [0.25, 0.3) is 0 Å². The highest BCUT2D eigenvalue weighted by molar-refractivity contribution is 7.99. The molecule has 0 spiro atoms. The van der Waals surface area contributed by atoms with E-state index in [-0.39, 0.29) is 5.84 Å². The summed E-state index contributed by atoms with van der Waals surface area (Å²) in [5, 5.41) is 12.4. The minimum absolute atomic E-state index is 0.0651. The van der Waals surface area contributed by atoms with Crippen molar-refractivity contribution in [2.24, 2.45) is 10.9 Å². The Morgan fingerprint density at radius 3 is 2.40 bits per heavy atom. The monoisotopic (exact) mass is 287 g/mol. The molecule has 4 nitrogen and oxygen atoms in total. The molecule has 0 aliphatic carbocycles. The lowest BCUT2D eigenvalue weighted by molar-refractivity contribution is 0.318. The molecule has 0 bridgehead atoms. The molecule has 5 heteroatoms. The second-order valence-corrected chi connectivity index (χ2v) is 5.79. The quantitative estimate of drug-likeness (QED) is 0.391. The summed E-state index contributed by atoms with van der Waals surface area (Å²) in [4.78, 5) is 5.43. The molecule has 0 saturated heterocycles. The maximum atomic E-state index is 8.59. The number of pyridine rings is 1. The van der Waals surface area contributed by atoms with Gasteiger partial charge in [-0.1, -0.05) is 42.9 Å². The number of aromatic nitrogens is 1. The van der Waals surface area contributed by atoms with E-state index in [4.69, 9.17) is 10.9 Å². The number of nitrogens with two attached hydrogens (primary N) is 1. The van der Waals surface area contributed by atoms with Gasteiger partial charge in [-0.15, -0.1) is 0 Å². The third kappa shape index (κ3) is 3.51. The van der Waals surface area contributed by atoms with E-state index in [1.807, 2.05) is 6.07 Å². The van der Waals surface area contributed by atoms with Gasteiger partial charge in [0.2, 0.25) is 0 Å². The van der Waals surface area contributed by atoms with E-state index in [9.17, 15) is 0 Å². The van der Waals surface area contributed by atoms with Gasteiger partial charge in [-0.25, -0.2) is 4.98 Å². The first-order valence-electron chi connectivity index (χ1n) is 6.32. The largest absolute Gasteiger partial charge is 0.409 e. The Morgan fingerprint density at radius 1 is 1.20 bits per heavy atom. The van der Waals surface area contributed by atoms with Gasteiger partial charge < -0.3 is 10.9 Å². The lowest BCUT2D eigenvalue weighted by Crippen LogP contribution is -2.13. The van der Waals surface area contributed by atoms with Gasteiger partial charge in [0.15, 0.2) is 5.84 Å². The van der Waals surface area contributed by atoms with E-state index < -0.39 is 0 Å². The van der Waals surface area contributed by atoms with Crippen LogP contribution in [0.2, 0.25) is 0 Å². The van der Waals surface area contributed by atoms with Crippen LogP contribution in [0.3, 0.4) is 0 Å². The first-order chi connectivity index (χ1) is 9.60. The van der Waals surface area contributed by atoms with E-state index in [2.05, 4.69) is 48.3 Å². The van der Waals surface area contributed by atoms with Gasteiger partial charge >= 0.3 is 0 Å². The first-order valence-corrected chi connectivity index (χ1v) is 7.13. The van der Waals surface area contributed by atoms with Crippen molar-refractivity contribution in [3.8, 4) is 0 Å². The van der Waals surface area contributed by atoms with E-state index in [0.29, 0.717) is 11.5 Å². The normalized spacial score (nSPS) is 11.8. The van der Waals surface area contributed by atoms with Gasteiger partial charge in [0.05, 0.1) is 0 Å². The summed E-state index contributed by atoms with van der Waals surface area (Å²) >= 11 is 1.58. The van der Waals surface area contributed by atoms with Gasteiger partial charge in [0.1, 0.15) is 5.03 Å². The van der Waals surface area contributed by atoms with Crippen molar-refractivity contribution in [2.75, 3.05) is 0 Å². The minimum atomic E-state index is 0.0651. The van der Waals surface area contributed by atoms with Crippen LogP contribution in [0.15, 0.2) is 57.7 Å². The molecule has 20 heavy (non-hydrogen) atoms. The number of oxime groups is 1. The molecular formula is C15H17N3OS. The average Bonchev–Trinajstić information content (AvgIpc) is 2.48. The van der Waals surface area contributed by atoms with Crippen molar-refractivity contribution in [3.63, 3.8) is 0 Å². The predicted octanol–water partition coefficient (Wildman–Crippen LogP) is 3.45. The van der Waals surface area contributed by atoms with Crippen molar-refractivity contribution in [2.45, 2.75) is 29.7 Å². The number of rotatable bonds is 4. The molecule has 0 amide bonds. The summed E-state index contributed by atoms with van der Waals surface area (Å²) in [6, 6.07) is 12.1. The van der Waals surface area contributed by atoms with Crippen LogP contribution >= 0.6 is 11.8 Å². The minimum Gasteiger partial charge on any atom is -0.409 e. The van der Waals surface area contributed by atoms with Crippen molar-refractivity contribution in [1.29, 1.82) is 0 Å². The second-order valence-electron chi connectivity index (χ2n) is 4.70.